The minimum Gasteiger partial charge on any atom is -0.459 e. The SMILES string of the molecule is CC(C)(C)OC(=O)[C@]1(N)C[C@H]1CBr. The molecule has 2 N–H and O–H groups in total. The summed E-state index contributed by atoms with van der Waals surface area (Å²) in [6, 6.07) is 0. The molecule has 0 unspecified atom stereocenters. The molecule has 1 aliphatic rings. The summed E-state index contributed by atoms with van der Waals surface area (Å²) >= 11 is 3.31. The van der Waals surface area contributed by atoms with Gasteiger partial charge in [0.15, 0.2) is 0 Å². The van der Waals surface area contributed by atoms with E-state index in [4.69, 9.17) is 10.5 Å². The molecular formula is C9H16BrNO2. The second-order valence-corrected chi connectivity index (χ2v) is 5.25. The van der Waals surface area contributed by atoms with E-state index in [0.717, 1.165) is 11.8 Å². The first-order valence-electron chi connectivity index (χ1n) is 4.38. The van der Waals surface area contributed by atoms with Gasteiger partial charge < -0.3 is 10.5 Å². The summed E-state index contributed by atoms with van der Waals surface area (Å²) in [5, 5.41) is 0.767. The van der Waals surface area contributed by atoms with Crippen molar-refractivity contribution in [1.29, 1.82) is 0 Å². The summed E-state index contributed by atoms with van der Waals surface area (Å²) < 4.78 is 5.21. The van der Waals surface area contributed by atoms with Gasteiger partial charge in [-0.1, -0.05) is 15.9 Å². The Kier molecular flexibility index (Phi) is 2.74. The van der Waals surface area contributed by atoms with Gasteiger partial charge in [0.05, 0.1) is 0 Å². The van der Waals surface area contributed by atoms with Gasteiger partial charge in [0.2, 0.25) is 0 Å². The van der Waals surface area contributed by atoms with Crippen LogP contribution in [0.3, 0.4) is 0 Å². The fourth-order valence-electron chi connectivity index (χ4n) is 1.16. The number of ether oxygens (including phenoxy) is 1. The third-order valence-electron chi connectivity index (χ3n) is 2.12. The molecule has 4 heteroatoms. The molecule has 1 saturated carbocycles. The van der Waals surface area contributed by atoms with E-state index in [1.807, 2.05) is 20.8 Å². The zero-order chi connectivity index (χ0) is 10.3. The molecule has 2 atom stereocenters. The molecule has 0 radical (unpaired) electrons. The second kappa shape index (κ2) is 3.24. The lowest BCUT2D eigenvalue weighted by atomic mass is 10.1. The molecule has 0 aromatic heterocycles. The molecule has 0 aromatic carbocycles. The van der Waals surface area contributed by atoms with Crippen molar-refractivity contribution >= 4 is 21.9 Å². The second-order valence-electron chi connectivity index (χ2n) is 4.60. The highest BCUT2D eigenvalue weighted by Gasteiger charge is 2.58. The van der Waals surface area contributed by atoms with Crippen molar-refractivity contribution in [2.75, 3.05) is 5.33 Å². The van der Waals surface area contributed by atoms with Crippen LogP contribution in [0.25, 0.3) is 0 Å². The van der Waals surface area contributed by atoms with E-state index >= 15 is 0 Å². The molecule has 1 rings (SSSR count). The van der Waals surface area contributed by atoms with Crippen molar-refractivity contribution in [3.8, 4) is 0 Å². The van der Waals surface area contributed by atoms with Gasteiger partial charge in [-0.15, -0.1) is 0 Å². The average molecular weight is 250 g/mol. The van der Waals surface area contributed by atoms with Gasteiger partial charge >= 0.3 is 5.97 Å². The van der Waals surface area contributed by atoms with Crippen molar-refractivity contribution in [2.45, 2.75) is 38.3 Å². The van der Waals surface area contributed by atoms with Crippen LogP contribution in [0.1, 0.15) is 27.2 Å². The van der Waals surface area contributed by atoms with Crippen molar-refractivity contribution in [3.63, 3.8) is 0 Å². The predicted molar refractivity (Wildman–Crippen MR) is 54.7 cm³/mol. The topological polar surface area (TPSA) is 52.3 Å². The van der Waals surface area contributed by atoms with Gasteiger partial charge in [-0.25, -0.2) is 0 Å². The lowest BCUT2D eigenvalue weighted by Crippen LogP contribution is -2.41. The first-order valence-corrected chi connectivity index (χ1v) is 5.50. The number of esters is 1. The highest BCUT2D eigenvalue weighted by molar-refractivity contribution is 9.09. The predicted octanol–water partition coefficient (Wildman–Crippen LogP) is 1.44. The molecule has 0 heterocycles. The van der Waals surface area contributed by atoms with Crippen LogP contribution in [0.2, 0.25) is 0 Å². The number of nitrogens with two attached hydrogens (primary N) is 1. The summed E-state index contributed by atoms with van der Waals surface area (Å²) in [5.41, 5.74) is 4.68. The highest BCUT2D eigenvalue weighted by atomic mass is 79.9. The minimum atomic E-state index is -0.725. The van der Waals surface area contributed by atoms with Crippen molar-refractivity contribution < 1.29 is 9.53 Å². The first-order chi connectivity index (χ1) is 5.79. The van der Waals surface area contributed by atoms with Crippen molar-refractivity contribution in [3.05, 3.63) is 0 Å². The minimum absolute atomic E-state index is 0.238. The molecule has 76 valence electrons. The van der Waals surface area contributed by atoms with Crippen molar-refractivity contribution in [1.82, 2.24) is 0 Å². The monoisotopic (exact) mass is 249 g/mol. The van der Waals surface area contributed by atoms with E-state index in [9.17, 15) is 4.79 Å². The Morgan fingerprint density at radius 1 is 1.69 bits per heavy atom. The van der Waals surface area contributed by atoms with E-state index in [2.05, 4.69) is 15.9 Å². The maximum Gasteiger partial charge on any atom is 0.326 e. The standard InChI is InChI=1S/C9H16BrNO2/c1-8(2,3)13-7(12)9(11)4-6(9)5-10/h6H,4-5,11H2,1-3H3/t6-,9-/m0/s1. The Bertz CT molecular complexity index is 224. The van der Waals surface area contributed by atoms with Crippen LogP contribution >= 0.6 is 15.9 Å². The van der Waals surface area contributed by atoms with Gasteiger partial charge in [0.1, 0.15) is 11.1 Å². The Labute approximate surface area is 87.1 Å². The summed E-state index contributed by atoms with van der Waals surface area (Å²) in [4.78, 5) is 11.5. The lowest BCUT2D eigenvalue weighted by molar-refractivity contribution is -0.158. The van der Waals surface area contributed by atoms with E-state index in [1.165, 1.54) is 0 Å². The molecule has 1 fully saturated rings. The lowest BCUT2D eigenvalue weighted by Gasteiger charge is -2.22. The number of carbonyl (C=O) groups excluding carboxylic acids is 1. The summed E-state index contributed by atoms with van der Waals surface area (Å²) in [7, 11) is 0. The molecular weight excluding hydrogens is 234 g/mol. The summed E-state index contributed by atoms with van der Waals surface area (Å²) in [6.07, 6.45) is 0.729. The van der Waals surface area contributed by atoms with Crippen LogP contribution in [0.4, 0.5) is 0 Å². The van der Waals surface area contributed by atoms with Crippen LogP contribution < -0.4 is 5.73 Å². The number of hydrogen-bond acceptors (Lipinski definition) is 3. The van der Waals surface area contributed by atoms with Crippen LogP contribution in [0, 0.1) is 5.92 Å². The van der Waals surface area contributed by atoms with Crippen molar-refractivity contribution in [2.24, 2.45) is 11.7 Å². The molecule has 0 aliphatic heterocycles. The van der Waals surface area contributed by atoms with Crippen LogP contribution in [-0.2, 0) is 9.53 Å². The molecule has 0 saturated heterocycles. The average Bonchev–Trinajstić information content (AvgIpc) is 2.60. The van der Waals surface area contributed by atoms with E-state index in [-0.39, 0.29) is 11.9 Å². The quantitative estimate of drug-likeness (QED) is 0.596. The Balaban J connectivity index is 2.51. The molecule has 1 aliphatic carbocycles. The van der Waals surface area contributed by atoms with E-state index in [0.29, 0.717) is 0 Å². The fraction of sp³-hybridized carbons (Fsp3) is 0.889. The molecule has 13 heavy (non-hydrogen) atoms. The van der Waals surface area contributed by atoms with Crippen LogP contribution in [0.15, 0.2) is 0 Å². The zero-order valence-electron chi connectivity index (χ0n) is 8.26. The zero-order valence-corrected chi connectivity index (χ0v) is 9.85. The van der Waals surface area contributed by atoms with Crippen LogP contribution in [0.5, 0.6) is 0 Å². The number of rotatable bonds is 2. The normalized spacial score (nSPS) is 32.8. The number of alkyl halides is 1. The van der Waals surface area contributed by atoms with Gasteiger partial charge in [0.25, 0.3) is 0 Å². The molecule has 0 spiro atoms. The molecule has 0 bridgehead atoms. The molecule has 0 amide bonds. The van der Waals surface area contributed by atoms with Gasteiger partial charge in [-0.3, -0.25) is 4.79 Å². The van der Waals surface area contributed by atoms with E-state index in [1.54, 1.807) is 0 Å². The maximum atomic E-state index is 11.5. The summed E-state index contributed by atoms with van der Waals surface area (Å²) in [5.74, 6) is -0.0354. The highest BCUT2D eigenvalue weighted by Crippen LogP contribution is 2.43. The fourth-order valence-corrected chi connectivity index (χ4v) is 1.97. The maximum absolute atomic E-state index is 11.5. The Hall–Kier alpha value is -0.0900. The largest absolute Gasteiger partial charge is 0.459 e. The number of carbonyl (C=O) groups is 1. The molecule has 3 nitrogen and oxygen atoms in total. The van der Waals surface area contributed by atoms with Crippen LogP contribution in [-0.4, -0.2) is 22.4 Å². The third-order valence-corrected chi connectivity index (χ3v) is 2.90. The van der Waals surface area contributed by atoms with Gasteiger partial charge in [-0.05, 0) is 33.1 Å². The Morgan fingerprint density at radius 2 is 2.23 bits per heavy atom. The summed E-state index contributed by atoms with van der Waals surface area (Å²) in [6.45, 7) is 5.54. The van der Waals surface area contributed by atoms with Gasteiger partial charge in [0, 0.05) is 5.33 Å². The third kappa shape index (κ3) is 2.44. The van der Waals surface area contributed by atoms with E-state index < -0.39 is 11.1 Å². The first kappa shape index (κ1) is 11.0. The number of hydrogen-bond donors (Lipinski definition) is 1. The Morgan fingerprint density at radius 3 is 2.54 bits per heavy atom. The van der Waals surface area contributed by atoms with Gasteiger partial charge in [-0.2, -0.15) is 0 Å². The number of halogens is 1. The molecule has 0 aromatic rings. The smallest absolute Gasteiger partial charge is 0.326 e.